The van der Waals surface area contributed by atoms with E-state index >= 15 is 0 Å². The first-order valence-corrected chi connectivity index (χ1v) is 6.28. The molecule has 0 aromatic heterocycles. The number of nitriles is 1. The lowest BCUT2D eigenvalue weighted by Crippen LogP contribution is -2.27. The van der Waals surface area contributed by atoms with Crippen LogP contribution in [-0.2, 0) is 14.4 Å². The van der Waals surface area contributed by atoms with Crippen molar-refractivity contribution in [2.75, 3.05) is 0 Å². The second-order valence-electron chi connectivity index (χ2n) is 5.22. The molecule has 4 nitrogen and oxygen atoms in total. The zero-order valence-corrected chi connectivity index (χ0v) is 13.5. The van der Waals surface area contributed by atoms with Crippen molar-refractivity contribution in [2.24, 2.45) is 11.3 Å². The van der Waals surface area contributed by atoms with Crippen molar-refractivity contribution in [3.63, 3.8) is 0 Å². The topological polar surface area (TPSA) is 75.0 Å². The van der Waals surface area contributed by atoms with E-state index in [1.165, 1.54) is 27.7 Å². The Labute approximate surface area is 117 Å². The molecule has 0 amide bonds. The van der Waals surface area contributed by atoms with Gasteiger partial charge in [0.25, 0.3) is 0 Å². The fraction of sp³-hybridized carbons (Fsp3) is 0.733. The molecule has 0 aliphatic heterocycles. The van der Waals surface area contributed by atoms with Gasteiger partial charge < -0.3 is 9.59 Å². The van der Waals surface area contributed by atoms with Crippen LogP contribution in [0.2, 0.25) is 0 Å². The molecule has 4 heteroatoms. The fourth-order valence-corrected chi connectivity index (χ4v) is 1.38. The van der Waals surface area contributed by atoms with Crippen LogP contribution >= 0.6 is 0 Å². The quantitative estimate of drug-likeness (QED) is 0.787. The minimum atomic E-state index is -0.513. The van der Waals surface area contributed by atoms with Crippen LogP contribution in [0.3, 0.4) is 0 Å². The number of nitrogens with zero attached hydrogens (tertiary/aromatic N) is 1. The van der Waals surface area contributed by atoms with E-state index in [1.807, 2.05) is 20.8 Å². The summed E-state index contributed by atoms with van der Waals surface area (Å²) in [6.07, 6.45) is 0.746. The van der Waals surface area contributed by atoms with E-state index in [4.69, 9.17) is 5.26 Å². The lowest BCUT2D eigenvalue weighted by Gasteiger charge is -2.23. The first-order chi connectivity index (χ1) is 8.42. The summed E-state index contributed by atoms with van der Waals surface area (Å²) >= 11 is 0. The molecule has 0 fully saturated rings. The predicted octanol–water partition coefficient (Wildman–Crippen LogP) is 3.34. The fourth-order valence-electron chi connectivity index (χ4n) is 1.38. The molecule has 0 aromatic carbocycles. The number of rotatable bonds is 3. The average Bonchev–Trinajstić information content (AvgIpc) is 2.15. The summed E-state index contributed by atoms with van der Waals surface area (Å²) < 4.78 is 0. The molecule has 110 valence electrons. The Hall–Kier alpha value is -1.50. The van der Waals surface area contributed by atoms with Gasteiger partial charge in [0.2, 0.25) is 0 Å². The predicted molar refractivity (Wildman–Crippen MR) is 76.6 cm³/mol. The molecule has 0 N–H and O–H groups in total. The van der Waals surface area contributed by atoms with Crippen molar-refractivity contribution in [2.45, 2.75) is 61.8 Å². The maximum Gasteiger partial charge on any atom is 0.134 e. The van der Waals surface area contributed by atoms with Gasteiger partial charge in [0.1, 0.15) is 17.3 Å². The van der Waals surface area contributed by atoms with Crippen LogP contribution in [0.15, 0.2) is 0 Å². The van der Waals surface area contributed by atoms with Gasteiger partial charge in [-0.25, -0.2) is 0 Å². The third kappa shape index (κ3) is 19.0. The number of Topliss-reactive ketones (excluding diaryl/α,β-unsaturated/α-hetero) is 3. The maximum absolute atomic E-state index is 11.0. The third-order valence-corrected chi connectivity index (χ3v) is 2.06. The number of carbonyl (C=O) groups excluding carboxylic acids is 3. The highest BCUT2D eigenvalue weighted by Gasteiger charge is 2.31. The molecule has 0 spiro atoms. The van der Waals surface area contributed by atoms with Crippen LogP contribution in [0, 0.1) is 22.7 Å². The van der Waals surface area contributed by atoms with Gasteiger partial charge in [-0.15, -0.1) is 0 Å². The van der Waals surface area contributed by atoms with Crippen LogP contribution in [0.4, 0.5) is 0 Å². The molecule has 19 heavy (non-hydrogen) atoms. The monoisotopic (exact) mass is 269 g/mol. The second-order valence-corrected chi connectivity index (χ2v) is 5.22. The molecule has 0 aliphatic carbocycles. The Bertz CT molecular complexity index is 318. The van der Waals surface area contributed by atoms with Crippen LogP contribution in [0.5, 0.6) is 0 Å². The molecule has 1 unspecified atom stereocenters. The molecular weight excluding hydrogens is 242 g/mol. The van der Waals surface area contributed by atoms with Crippen LogP contribution < -0.4 is 0 Å². The minimum absolute atomic E-state index is 0.110. The smallest absolute Gasteiger partial charge is 0.134 e. The van der Waals surface area contributed by atoms with E-state index in [0.717, 1.165) is 6.42 Å². The number of carbonyl (C=O) groups is 3. The van der Waals surface area contributed by atoms with Crippen molar-refractivity contribution in [3.05, 3.63) is 0 Å². The number of ketones is 3. The summed E-state index contributed by atoms with van der Waals surface area (Å²) in [4.78, 5) is 29.9. The Kier molecular flexibility index (Phi) is 13.8. The highest BCUT2D eigenvalue weighted by atomic mass is 16.1. The van der Waals surface area contributed by atoms with Crippen molar-refractivity contribution >= 4 is 17.3 Å². The Morgan fingerprint density at radius 1 is 1.00 bits per heavy atom. The van der Waals surface area contributed by atoms with Gasteiger partial charge in [0.05, 0.1) is 11.5 Å². The summed E-state index contributed by atoms with van der Waals surface area (Å²) in [6.45, 7) is 13.2. The molecule has 0 radical (unpaired) electrons. The second kappa shape index (κ2) is 11.6. The van der Waals surface area contributed by atoms with E-state index in [2.05, 4.69) is 6.07 Å². The van der Waals surface area contributed by atoms with Gasteiger partial charge in [-0.2, -0.15) is 5.26 Å². The summed E-state index contributed by atoms with van der Waals surface area (Å²) in [7, 11) is 0. The molecule has 0 saturated carbocycles. The van der Waals surface area contributed by atoms with E-state index in [-0.39, 0.29) is 23.3 Å². The molecule has 0 rings (SSSR count). The summed E-state index contributed by atoms with van der Waals surface area (Å²) in [5, 5.41) is 8.74. The first-order valence-electron chi connectivity index (χ1n) is 6.28. The Morgan fingerprint density at radius 2 is 1.26 bits per heavy atom. The normalized spacial score (nSPS) is 10.7. The highest BCUT2D eigenvalue weighted by molar-refractivity contribution is 5.79. The zero-order chi connectivity index (χ0) is 16.2. The summed E-state index contributed by atoms with van der Waals surface area (Å²) in [5.41, 5.74) is -0.513. The zero-order valence-electron chi connectivity index (χ0n) is 13.5. The molecule has 0 aliphatic rings. The van der Waals surface area contributed by atoms with Gasteiger partial charge in [0.15, 0.2) is 0 Å². The SMILES string of the molecule is CC(C)=O.CC(C)=O.CCC(C(C)=O)C(C)(C)C#N. The Balaban J connectivity index is -0.000000264. The van der Waals surface area contributed by atoms with E-state index in [1.54, 1.807) is 6.92 Å². The van der Waals surface area contributed by atoms with Crippen LogP contribution in [-0.4, -0.2) is 17.3 Å². The van der Waals surface area contributed by atoms with E-state index in [9.17, 15) is 14.4 Å². The van der Waals surface area contributed by atoms with Gasteiger partial charge in [-0.1, -0.05) is 6.92 Å². The van der Waals surface area contributed by atoms with Gasteiger partial charge in [0, 0.05) is 5.92 Å². The molecule has 0 bridgehead atoms. The summed E-state index contributed by atoms with van der Waals surface area (Å²) in [6, 6.07) is 2.15. The Morgan fingerprint density at radius 3 is 1.32 bits per heavy atom. The highest BCUT2D eigenvalue weighted by Crippen LogP contribution is 2.28. The lowest BCUT2D eigenvalue weighted by molar-refractivity contribution is -0.123. The first kappa shape index (κ1) is 22.7. The average molecular weight is 269 g/mol. The molecule has 0 heterocycles. The van der Waals surface area contributed by atoms with Crippen molar-refractivity contribution < 1.29 is 14.4 Å². The molecular formula is C15H27NO3. The van der Waals surface area contributed by atoms with Gasteiger partial charge in [-0.3, -0.25) is 4.79 Å². The minimum Gasteiger partial charge on any atom is -0.300 e. The van der Waals surface area contributed by atoms with Crippen LogP contribution in [0.1, 0.15) is 61.8 Å². The van der Waals surface area contributed by atoms with Crippen molar-refractivity contribution in [1.82, 2.24) is 0 Å². The van der Waals surface area contributed by atoms with E-state index < -0.39 is 5.41 Å². The standard InChI is InChI=1S/C9H15NO.2C3H6O/c1-5-8(7(2)11)9(3,4)6-10;2*1-3(2)4/h8H,5H2,1-4H3;2*1-2H3. The largest absolute Gasteiger partial charge is 0.300 e. The molecule has 1 atom stereocenters. The molecule has 0 saturated heterocycles. The number of hydrogen-bond acceptors (Lipinski definition) is 4. The van der Waals surface area contributed by atoms with Gasteiger partial charge >= 0.3 is 0 Å². The maximum atomic E-state index is 11.0. The van der Waals surface area contributed by atoms with Crippen molar-refractivity contribution in [1.29, 1.82) is 5.26 Å². The van der Waals surface area contributed by atoms with Crippen LogP contribution in [0.25, 0.3) is 0 Å². The third-order valence-electron chi connectivity index (χ3n) is 2.06. The van der Waals surface area contributed by atoms with Crippen molar-refractivity contribution in [3.8, 4) is 6.07 Å². The lowest BCUT2D eigenvalue weighted by atomic mass is 9.76. The molecule has 0 aromatic rings. The van der Waals surface area contributed by atoms with Gasteiger partial charge in [-0.05, 0) is 54.9 Å². The number of hydrogen-bond donors (Lipinski definition) is 0. The van der Waals surface area contributed by atoms with E-state index in [0.29, 0.717) is 0 Å². The summed E-state index contributed by atoms with van der Waals surface area (Å²) in [5.74, 6) is 0.326.